The molecule has 1 aromatic heterocycles. The Morgan fingerprint density at radius 2 is 1.86 bits per heavy atom. The van der Waals surface area contributed by atoms with Crippen molar-refractivity contribution >= 4 is 5.91 Å². The van der Waals surface area contributed by atoms with Crippen LogP contribution < -0.4 is 0 Å². The number of aromatic amines is 1. The fraction of sp³-hybridized carbons (Fsp3) is 0.250. The van der Waals surface area contributed by atoms with Gasteiger partial charge in [-0.05, 0) is 45.0 Å². The molecular weight excluding hydrogens is 362 g/mol. The molecule has 0 spiro atoms. The summed E-state index contributed by atoms with van der Waals surface area (Å²) in [4.78, 5) is 14.7. The molecule has 29 heavy (non-hydrogen) atoms. The normalized spacial score (nSPS) is 12.0. The van der Waals surface area contributed by atoms with E-state index in [-0.39, 0.29) is 11.9 Å². The lowest BCUT2D eigenvalue weighted by Crippen LogP contribution is -2.29. The van der Waals surface area contributed by atoms with Crippen LogP contribution in [0.4, 0.5) is 0 Å². The van der Waals surface area contributed by atoms with E-state index >= 15 is 0 Å². The molecule has 1 heterocycles. The standard InChI is InChI=1S/C24H25N3O2/c1-17(21-16-22(26-25-21)19-10-6-5-7-11-19)27(4)23(28)20-12-8-9-18(15-20)13-14-24(2,3)29/h5-12,15-17,29H,1-4H3,(H,25,26). The lowest BCUT2D eigenvalue weighted by Gasteiger charge is -2.24. The van der Waals surface area contributed by atoms with Crippen LogP contribution in [0.1, 0.15) is 48.4 Å². The van der Waals surface area contributed by atoms with Crippen LogP contribution in [0.3, 0.4) is 0 Å². The smallest absolute Gasteiger partial charge is 0.254 e. The van der Waals surface area contributed by atoms with Gasteiger partial charge in [0.15, 0.2) is 0 Å². The van der Waals surface area contributed by atoms with Gasteiger partial charge in [0, 0.05) is 23.7 Å². The van der Waals surface area contributed by atoms with Crippen LogP contribution in [-0.4, -0.2) is 38.8 Å². The molecule has 1 amide bonds. The van der Waals surface area contributed by atoms with E-state index in [2.05, 4.69) is 22.0 Å². The predicted octanol–water partition coefficient (Wildman–Crippen LogP) is 4.03. The number of nitrogens with zero attached hydrogens (tertiary/aromatic N) is 2. The van der Waals surface area contributed by atoms with Gasteiger partial charge < -0.3 is 10.0 Å². The van der Waals surface area contributed by atoms with Gasteiger partial charge in [-0.25, -0.2) is 0 Å². The summed E-state index contributed by atoms with van der Waals surface area (Å²) >= 11 is 0. The van der Waals surface area contributed by atoms with Crippen LogP contribution in [0.25, 0.3) is 11.3 Å². The number of aliphatic hydroxyl groups is 1. The Balaban J connectivity index is 1.78. The van der Waals surface area contributed by atoms with Crippen molar-refractivity contribution < 1.29 is 9.90 Å². The van der Waals surface area contributed by atoms with Crippen molar-refractivity contribution in [2.24, 2.45) is 0 Å². The maximum Gasteiger partial charge on any atom is 0.254 e. The lowest BCUT2D eigenvalue weighted by atomic mass is 10.1. The van der Waals surface area contributed by atoms with Crippen LogP contribution in [0, 0.1) is 11.8 Å². The fourth-order valence-electron chi connectivity index (χ4n) is 2.85. The molecule has 0 saturated heterocycles. The van der Waals surface area contributed by atoms with Crippen LogP contribution >= 0.6 is 0 Å². The predicted molar refractivity (Wildman–Crippen MR) is 114 cm³/mol. The molecule has 148 valence electrons. The molecule has 1 unspecified atom stereocenters. The van der Waals surface area contributed by atoms with Gasteiger partial charge in [0.05, 0.1) is 17.4 Å². The third-order valence-corrected chi connectivity index (χ3v) is 4.64. The van der Waals surface area contributed by atoms with Gasteiger partial charge in [0.2, 0.25) is 0 Å². The van der Waals surface area contributed by atoms with Crippen molar-refractivity contribution in [2.75, 3.05) is 7.05 Å². The number of amides is 1. The zero-order valence-corrected chi connectivity index (χ0v) is 17.1. The highest BCUT2D eigenvalue weighted by molar-refractivity contribution is 5.94. The number of H-pyrrole nitrogens is 1. The summed E-state index contributed by atoms with van der Waals surface area (Å²) in [5, 5.41) is 17.2. The first-order valence-corrected chi connectivity index (χ1v) is 9.48. The zero-order chi connectivity index (χ0) is 21.0. The van der Waals surface area contributed by atoms with Crippen molar-refractivity contribution in [2.45, 2.75) is 32.4 Å². The third kappa shape index (κ3) is 5.13. The first kappa shape index (κ1) is 20.4. The number of benzene rings is 2. The number of rotatable bonds is 4. The topological polar surface area (TPSA) is 69.2 Å². The Morgan fingerprint density at radius 1 is 1.14 bits per heavy atom. The second kappa shape index (κ2) is 8.34. The molecule has 1 atom stereocenters. The molecule has 0 saturated carbocycles. The van der Waals surface area contributed by atoms with Gasteiger partial charge in [-0.15, -0.1) is 0 Å². The van der Waals surface area contributed by atoms with E-state index in [1.54, 1.807) is 44.0 Å². The Kier molecular flexibility index (Phi) is 5.86. The summed E-state index contributed by atoms with van der Waals surface area (Å²) in [6.07, 6.45) is 0. The lowest BCUT2D eigenvalue weighted by molar-refractivity contribution is 0.0739. The zero-order valence-electron chi connectivity index (χ0n) is 17.1. The first-order chi connectivity index (χ1) is 13.7. The number of carbonyl (C=O) groups is 1. The Hall–Kier alpha value is -3.36. The van der Waals surface area contributed by atoms with Gasteiger partial charge >= 0.3 is 0 Å². The molecule has 0 fully saturated rings. The summed E-state index contributed by atoms with van der Waals surface area (Å²) in [5.74, 6) is 5.57. The number of hydrogen-bond donors (Lipinski definition) is 2. The molecule has 0 radical (unpaired) electrons. The van der Waals surface area contributed by atoms with Crippen molar-refractivity contribution in [3.63, 3.8) is 0 Å². The largest absolute Gasteiger partial charge is 0.378 e. The number of aromatic nitrogens is 2. The van der Waals surface area contributed by atoms with Crippen molar-refractivity contribution in [3.05, 3.63) is 77.5 Å². The minimum absolute atomic E-state index is 0.111. The highest BCUT2D eigenvalue weighted by Crippen LogP contribution is 2.24. The average Bonchev–Trinajstić information content (AvgIpc) is 3.21. The van der Waals surface area contributed by atoms with E-state index in [9.17, 15) is 9.90 Å². The molecule has 0 aliphatic carbocycles. The summed E-state index contributed by atoms with van der Waals surface area (Å²) in [7, 11) is 1.77. The Morgan fingerprint density at radius 3 is 2.55 bits per heavy atom. The molecule has 2 N–H and O–H groups in total. The highest BCUT2D eigenvalue weighted by atomic mass is 16.3. The van der Waals surface area contributed by atoms with Crippen LogP contribution in [0.15, 0.2) is 60.7 Å². The summed E-state index contributed by atoms with van der Waals surface area (Å²) < 4.78 is 0. The van der Waals surface area contributed by atoms with Gasteiger partial charge in [-0.2, -0.15) is 5.10 Å². The molecule has 0 bridgehead atoms. The minimum Gasteiger partial charge on any atom is -0.378 e. The Labute approximate surface area is 171 Å². The van der Waals surface area contributed by atoms with E-state index < -0.39 is 5.60 Å². The summed E-state index contributed by atoms with van der Waals surface area (Å²) in [5.41, 5.74) is 2.88. The van der Waals surface area contributed by atoms with Crippen LogP contribution in [0.2, 0.25) is 0 Å². The third-order valence-electron chi connectivity index (χ3n) is 4.64. The first-order valence-electron chi connectivity index (χ1n) is 9.48. The average molecular weight is 387 g/mol. The highest BCUT2D eigenvalue weighted by Gasteiger charge is 2.21. The second-order valence-electron chi connectivity index (χ2n) is 7.56. The van der Waals surface area contributed by atoms with Crippen LogP contribution in [0.5, 0.6) is 0 Å². The quantitative estimate of drug-likeness (QED) is 0.664. The maximum atomic E-state index is 13.0. The van der Waals surface area contributed by atoms with Gasteiger partial charge in [-0.1, -0.05) is 48.2 Å². The monoisotopic (exact) mass is 387 g/mol. The second-order valence-corrected chi connectivity index (χ2v) is 7.56. The number of carbonyl (C=O) groups excluding carboxylic acids is 1. The molecular formula is C24H25N3O2. The van der Waals surface area contributed by atoms with Gasteiger partial charge in [0.25, 0.3) is 5.91 Å². The van der Waals surface area contributed by atoms with E-state index in [0.29, 0.717) is 11.1 Å². The minimum atomic E-state index is -1.08. The molecule has 5 heteroatoms. The molecule has 0 aliphatic heterocycles. The van der Waals surface area contributed by atoms with Crippen LogP contribution in [-0.2, 0) is 0 Å². The van der Waals surface area contributed by atoms with Gasteiger partial charge in [0.1, 0.15) is 5.60 Å². The number of nitrogens with one attached hydrogen (secondary N) is 1. The molecule has 5 nitrogen and oxygen atoms in total. The van der Waals surface area contributed by atoms with Crippen molar-refractivity contribution in [1.29, 1.82) is 0 Å². The van der Waals surface area contributed by atoms with E-state index in [1.807, 2.05) is 49.4 Å². The number of hydrogen-bond acceptors (Lipinski definition) is 3. The molecule has 3 rings (SSSR count). The van der Waals surface area contributed by atoms with E-state index in [4.69, 9.17) is 0 Å². The van der Waals surface area contributed by atoms with E-state index in [0.717, 1.165) is 17.0 Å². The summed E-state index contributed by atoms with van der Waals surface area (Å²) in [6, 6.07) is 18.8. The van der Waals surface area contributed by atoms with Gasteiger partial charge in [-0.3, -0.25) is 9.89 Å². The molecule has 3 aromatic rings. The molecule has 0 aliphatic rings. The van der Waals surface area contributed by atoms with Crippen molar-refractivity contribution in [3.8, 4) is 23.1 Å². The van der Waals surface area contributed by atoms with Crippen molar-refractivity contribution in [1.82, 2.24) is 15.1 Å². The summed E-state index contributed by atoms with van der Waals surface area (Å²) in [6.45, 7) is 5.20. The SMILES string of the molecule is CC(c1cc(-c2ccccc2)n[nH]1)N(C)C(=O)c1cccc(C#CC(C)(C)O)c1. The fourth-order valence-corrected chi connectivity index (χ4v) is 2.85. The Bertz CT molecular complexity index is 1050. The maximum absolute atomic E-state index is 13.0. The van der Waals surface area contributed by atoms with E-state index in [1.165, 1.54) is 0 Å². The molecule has 2 aromatic carbocycles.